The number of carbonyl (C=O) groups is 3. The Kier molecular flexibility index (Phi) is 8.56. The van der Waals surface area contributed by atoms with Gasteiger partial charge in [0.15, 0.2) is 11.8 Å². The van der Waals surface area contributed by atoms with Gasteiger partial charge in [0.2, 0.25) is 23.5 Å². The van der Waals surface area contributed by atoms with Crippen LogP contribution >= 0.6 is 0 Å². The minimum atomic E-state index is -0.922. The summed E-state index contributed by atoms with van der Waals surface area (Å²) in [6.45, 7) is 17.0. The van der Waals surface area contributed by atoms with Crippen LogP contribution in [-0.4, -0.2) is 69.8 Å². The summed E-state index contributed by atoms with van der Waals surface area (Å²) < 4.78 is 6.63. The zero-order valence-corrected chi connectivity index (χ0v) is 27.3. The van der Waals surface area contributed by atoms with Crippen LogP contribution in [0.3, 0.4) is 0 Å². The molecule has 4 unspecified atom stereocenters. The highest BCUT2D eigenvalue weighted by molar-refractivity contribution is 5.86. The van der Waals surface area contributed by atoms with Crippen LogP contribution in [0.4, 0.5) is 0 Å². The van der Waals surface area contributed by atoms with E-state index in [1.807, 2.05) is 27.7 Å². The fraction of sp³-hybridized carbons (Fsp3) is 0.909. The zero-order valence-electron chi connectivity index (χ0n) is 27.3. The van der Waals surface area contributed by atoms with Crippen molar-refractivity contribution < 1.29 is 28.9 Å². The Balaban J connectivity index is 1.33. The summed E-state index contributed by atoms with van der Waals surface area (Å²) >= 11 is 0. The van der Waals surface area contributed by atoms with Crippen LogP contribution in [0, 0.1) is 29.1 Å². The second kappa shape index (κ2) is 11.3. The van der Waals surface area contributed by atoms with Crippen molar-refractivity contribution in [1.29, 1.82) is 0 Å². The van der Waals surface area contributed by atoms with Gasteiger partial charge in [-0.2, -0.15) is 0 Å². The number of likely N-dealkylation sites (tertiary alicyclic amines) is 1. The van der Waals surface area contributed by atoms with Gasteiger partial charge in [0.05, 0.1) is 6.54 Å². The van der Waals surface area contributed by atoms with Crippen molar-refractivity contribution in [2.45, 2.75) is 149 Å². The van der Waals surface area contributed by atoms with Gasteiger partial charge in [-0.05, 0) is 76.5 Å². The first-order valence-electron chi connectivity index (χ1n) is 16.5. The predicted molar refractivity (Wildman–Crippen MR) is 159 cm³/mol. The van der Waals surface area contributed by atoms with E-state index in [1.165, 1.54) is 0 Å². The second-order valence-electron chi connectivity index (χ2n) is 16.1. The molecule has 42 heavy (non-hydrogen) atoms. The van der Waals surface area contributed by atoms with Gasteiger partial charge < -0.3 is 19.9 Å². The maximum atomic E-state index is 13.9. The lowest BCUT2D eigenvalue weighted by Gasteiger charge is -2.61. The molecule has 6 aliphatic rings. The quantitative estimate of drug-likeness (QED) is 0.392. The lowest BCUT2D eigenvalue weighted by atomic mass is 9.57. The number of fused-ring (bicyclic) bond motifs is 2. The van der Waals surface area contributed by atoms with Crippen LogP contribution in [0.25, 0.3) is 0 Å². The SMILES string of the molecule is C[C@H]1CCC2[C@@H](C)C(=O)N(CCC(=O)N(CC(=O)NC(C)(C)CC(C)(C)C)C3CCCC3)C3OC4(C)CCC1[C@@]23OO4. The number of hydrogen-bond acceptors (Lipinski definition) is 6. The number of ether oxygens (including phenoxy) is 1. The van der Waals surface area contributed by atoms with Crippen molar-refractivity contribution in [1.82, 2.24) is 15.1 Å². The average molecular weight is 590 g/mol. The van der Waals surface area contributed by atoms with Crippen molar-refractivity contribution in [3.63, 3.8) is 0 Å². The highest BCUT2D eigenvalue weighted by Gasteiger charge is 2.70. The first-order valence-corrected chi connectivity index (χ1v) is 16.5. The van der Waals surface area contributed by atoms with Gasteiger partial charge in [-0.25, -0.2) is 9.78 Å². The number of amides is 3. The van der Waals surface area contributed by atoms with Crippen LogP contribution < -0.4 is 5.32 Å². The Hall–Kier alpha value is -1.71. The summed E-state index contributed by atoms with van der Waals surface area (Å²) in [5.74, 6) is -0.700. The number of hydrogen-bond donors (Lipinski definition) is 1. The van der Waals surface area contributed by atoms with Crippen molar-refractivity contribution in [3.8, 4) is 0 Å². The highest BCUT2D eigenvalue weighted by Crippen LogP contribution is 2.60. The maximum Gasteiger partial charge on any atom is 0.240 e. The maximum absolute atomic E-state index is 13.9. The molecule has 2 bridgehead atoms. The summed E-state index contributed by atoms with van der Waals surface area (Å²) in [6.07, 6.45) is 7.90. The van der Waals surface area contributed by atoms with E-state index in [-0.39, 0.29) is 72.0 Å². The summed E-state index contributed by atoms with van der Waals surface area (Å²) in [7, 11) is 0. The van der Waals surface area contributed by atoms with E-state index >= 15 is 0 Å². The minimum Gasteiger partial charge on any atom is -0.350 e. The first kappa shape index (κ1) is 31.7. The molecule has 4 saturated heterocycles. The molecule has 1 spiro atoms. The smallest absolute Gasteiger partial charge is 0.240 e. The molecule has 0 aromatic carbocycles. The molecular formula is C33H55N3O6. The van der Waals surface area contributed by atoms with Gasteiger partial charge >= 0.3 is 0 Å². The fourth-order valence-corrected chi connectivity index (χ4v) is 9.32. The normalized spacial score (nSPS) is 36.9. The van der Waals surface area contributed by atoms with E-state index in [9.17, 15) is 14.4 Å². The number of rotatable bonds is 8. The molecular weight excluding hydrogens is 534 g/mol. The van der Waals surface area contributed by atoms with E-state index in [0.717, 1.165) is 51.4 Å². The molecule has 7 atom stereocenters. The largest absolute Gasteiger partial charge is 0.350 e. The molecule has 3 amide bonds. The summed E-state index contributed by atoms with van der Waals surface area (Å²) in [5.41, 5.74) is -1.05. The Morgan fingerprint density at radius 3 is 2.36 bits per heavy atom. The number of nitrogens with one attached hydrogen (secondary N) is 1. The Morgan fingerprint density at radius 1 is 1.00 bits per heavy atom. The molecule has 1 N–H and O–H groups in total. The van der Waals surface area contributed by atoms with E-state index < -0.39 is 17.6 Å². The van der Waals surface area contributed by atoms with Crippen molar-refractivity contribution in [3.05, 3.63) is 0 Å². The van der Waals surface area contributed by atoms with Gasteiger partial charge in [-0.3, -0.25) is 14.4 Å². The molecule has 2 aliphatic carbocycles. The third-order valence-corrected chi connectivity index (χ3v) is 10.8. The van der Waals surface area contributed by atoms with Crippen molar-refractivity contribution in [2.24, 2.45) is 29.1 Å². The van der Waals surface area contributed by atoms with Crippen LogP contribution in [0.1, 0.15) is 120 Å². The first-order chi connectivity index (χ1) is 19.6. The molecule has 0 aromatic heterocycles. The molecule has 2 saturated carbocycles. The Bertz CT molecular complexity index is 1050. The van der Waals surface area contributed by atoms with Gasteiger partial charge in [0, 0.05) is 42.8 Å². The van der Waals surface area contributed by atoms with E-state index in [1.54, 1.807) is 9.80 Å². The van der Waals surface area contributed by atoms with E-state index in [2.05, 4.69) is 33.0 Å². The number of carbonyl (C=O) groups excluding carboxylic acids is 3. The minimum absolute atomic E-state index is 0.0148. The highest BCUT2D eigenvalue weighted by atomic mass is 17.3. The van der Waals surface area contributed by atoms with Crippen molar-refractivity contribution in [2.75, 3.05) is 13.1 Å². The Labute approximate surface area is 252 Å². The lowest BCUT2D eigenvalue weighted by Crippen LogP contribution is -2.75. The number of piperidine rings is 1. The summed E-state index contributed by atoms with van der Waals surface area (Å²) in [5, 5.41) is 3.18. The molecule has 0 aromatic rings. The third-order valence-electron chi connectivity index (χ3n) is 10.8. The lowest BCUT2D eigenvalue weighted by molar-refractivity contribution is -0.547. The Morgan fingerprint density at radius 2 is 1.69 bits per heavy atom. The zero-order chi connectivity index (χ0) is 30.7. The van der Waals surface area contributed by atoms with E-state index in [0.29, 0.717) is 12.3 Å². The standard InChI is InChI=1S/C33H55N3O6/c1-21-13-14-25-22(2)28(39)35(29-33(25)24(21)15-17-32(8,40-29)41-42-33)18-16-27(38)36(23-11-9-10-12-23)19-26(37)34-31(6,7)20-30(3,4)5/h21-25,29H,9-20H2,1-8H3,(H,34,37)/t21-,22+,24?,25?,29?,32?,33+/m0/s1. The second-order valence-corrected chi connectivity index (χ2v) is 16.1. The molecule has 4 heterocycles. The predicted octanol–water partition coefficient (Wildman–Crippen LogP) is 5.17. The van der Waals surface area contributed by atoms with Crippen molar-refractivity contribution >= 4 is 17.7 Å². The van der Waals surface area contributed by atoms with Crippen LogP contribution in [0.5, 0.6) is 0 Å². The summed E-state index contributed by atoms with van der Waals surface area (Å²) in [6, 6.07) is 0.0531. The fourth-order valence-electron chi connectivity index (χ4n) is 9.32. The number of nitrogens with zero attached hydrogens (tertiary/aromatic N) is 2. The summed E-state index contributed by atoms with van der Waals surface area (Å²) in [4.78, 5) is 57.0. The molecule has 9 nitrogen and oxygen atoms in total. The molecule has 4 aliphatic heterocycles. The van der Waals surface area contributed by atoms with Gasteiger partial charge in [-0.1, -0.05) is 47.5 Å². The van der Waals surface area contributed by atoms with Crippen LogP contribution in [0.15, 0.2) is 0 Å². The topological polar surface area (TPSA) is 97.4 Å². The molecule has 6 rings (SSSR count). The average Bonchev–Trinajstić information content (AvgIpc) is 3.31. The molecule has 0 radical (unpaired) electrons. The molecule has 9 heteroatoms. The van der Waals surface area contributed by atoms with Crippen LogP contribution in [-0.2, 0) is 28.9 Å². The third kappa shape index (κ3) is 5.99. The monoisotopic (exact) mass is 589 g/mol. The van der Waals surface area contributed by atoms with Crippen LogP contribution in [0.2, 0.25) is 0 Å². The molecule has 6 fully saturated rings. The van der Waals surface area contributed by atoms with Gasteiger partial charge in [0.25, 0.3) is 0 Å². The van der Waals surface area contributed by atoms with Gasteiger partial charge in [0.1, 0.15) is 0 Å². The van der Waals surface area contributed by atoms with E-state index in [4.69, 9.17) is 14.5 Å². The van der Waals surface area contributed by atoms with Gasteiger partial charge in [-0.15, -0.1) is 0 Å². The molecule has 238 valence electrons.